The van der Waals surface area contributed by atoms with Crippen LogP contribution in [0.2, 0.25) is 0 Å². The molecule has 2 aliphatic rings. The standard InChI is InChI=1S/C14H27N3O2/c1-12(15)14(18)17-8-4-13(5-9-17)19-11-10-16-6-2-3-7-16/h12-13H,2-11,15H2,1H3/t12-/m1/s1. The van der Waals surface area contributed by atoms with Crippen molar-refractivity contribution in [2.24, 2.45) is 5.73 Å². The summed E-state index contributed by atoms with van der Waals surface area (Å²) in [7, 11) is 0. The van der Waals surface area contributed by atoms with Crippen LogP contribution in [0.5, 0.6) is 0 Å². The van der Waals surface area contributed by atoms with Crippen molar-refractivity contribution in [3.8, 4) is 0 Å². The topological polar surface area (TPSA) is 58.8 Å². The SMILES string of the molecule is C[C@@H](N)C(=O)N1CCC(OCCN2CCCC2)CC1. The third-order valence-electron chi connectivity index (χ3n) is 4.10. The van der Waals surface area contributed by atoms with Crippen molar-refractivity contribution in [1.29, 1.82) is 0 Å². The zero-order valence-electron chi connectivity index (χ0n) is 12.0. The van der Waals surface area contributed by atoms with Crippen LogP contribution in [0, 0.1) is 0 Å². The van der Waals surface area contributed by atoms with E-state index in [-0.39, 0.29) is 11.9 Å². The maximum Gasteiger partial charge on any atom is 0.239 e. The van der Waals surface area contributed by atoms with E-state index in [1.54, 1.807) is 6.92 Å². The molecule has 5 heteroatoms. The fraction of sp³-hybridized carbons (Fsp3) is 0.929. The van der Waals surface area contributed by atoms with E-state index < -0.39 is 0 Å². The molecule has 1 amide bonds. The first-order valence-corrected chi connectivity index (χ1v) is 7.55. The zero-order valence-corrected chi connectivity index (χ0v) is 12.0. The van der Waals surface area contributed by atoms with Crippen LogP contribution in [0.4, 0.5) is 0 Å². The van der Waals surface area contributed by atoms with Gasteiger partial charge in [0, 0.05) is 19.6 Å². The molecule has 2 fully saturated rings. The Kier molecular flexibility index (Phi) is 5.60. The van der Waals surface area contributed by atoms with Gasteiger partial charge in [-0.25, -0.2) is 0 Å². The van der Waals surface area contributed by atoms with Crippen molar-refractivity contribution in [3.63, 3.8) is 0 Å². The molecule has 0 spiro atoms. The Balaban J connectivity index is 1.59. The Labute approximate surface area is 116 Å². The summed E-state index contributed by atoms with van der Waals surface area (Å²) < 4.78 is 5.92. The largest absolute Gasteiger partial charge is 0.377 e. The van der Waals surface area contributed by atoms with Gasteiger partial charge in [-0.05, 0) is 45.7 Å². The van der Waals surface area contributed by atoms with Crippen molar-refractivity contribution in [2.75, 3.05) is 39.3 Å². The fourth-order valence-electron chi connectivity index (χ4n) is 2.89. The van der Waals surface area contributed by atoms with Crippen LogP contribution in [0.25, 0.3) is 0 Å². The van der Waals surface area contributed by atoms with E-state index in [1.165, 1.54) is 25.9 Å². The number of amides is 1. The molecule has 0 radical (unpaired) electrons. The van der Waals surface area contributed by atoms with Crippen LogP contribution in [0.1, 0.15) is 32.6 Å². The van der Waals surface area contributed by atoms with E-state index in [4.69, 9.17) is 10.5 Å². The summed E-state index contributed by atoms with van der Waals surface area (Å²) in [6.07, 6.45) is 4.87. The van der Waals surface area contributed by atoms with E-state index >= 15 is 0 Å². The normalized spacial score (nSPS) is 23.8. The van der Waals surface area contributed by atoms with Crippen molar-refractivity contribution in [2.45, 2.75) is 44.8 Å². The number of likely N-dealkylation sites (tertiary alicyclic amines) is 2. The molecule has 110 valence electrons. The fourth-order valence-corrected chi connectivity index (χ4v) is 2.89. The van der Waals surface area contributed by atoms with Gasteiger partial charge in [0.1, 0.15) is 0 Å². The lowest BCUT2D eigenvalue weighted by Crippen LogP contribution is -2.47. The Hall–Kier alpha value is -0.650. The molecule has 19 heavy (non-hydrogen) atoms. The van der Waals surface area contributed by atoms with Gasteiger partial charge in [0.25, 0.3) is 0 Å². The minimum absolute atomic E-state index is 0.0653. The third-order valence-corrected chi connectivity index (χ3v) is 4.10. The molecular formula is C14H27N3O2. The molecule has 0 bridgehead atoms. The molecule has 2 N–H and O–H groups in total. The molecular weight excluding hydrogens is 242 g/mol. The molecule has 0 saturated carbocycles. The first-order valence-electron chi connectivity index (χ1n) is 7.55. The second-order valence-electron chi connectivity index (χ2n) is 5.73. The number of ether oxygens (including phenoxy) is 1. The lowest BCUT2D eigenvalue weighted by Gasteiger charge is -2.33. The number of rotatable bonds is 5. The predicted octanol–water partition coefficient (Wildman–Crippen LogP) is 0.437. The van der Waals surface area contributed by atoms with Crippen LogP contribution in [-0.2, 0) is 9.53 Å². The average molecular weight is 269 g/mol. The first-order chi connectivity index (χ1) is 9.16. The van der Waals surface area contributed by atoms with Gasteiger partial charge in [0.15, 0.2) is 0 Å². The van der Waals surface area contributed by atoms with Crippen molar-refractivity contribution >= 4 is 5.91 Å². The van der Waals surface area contributed by atoms with E-state index in [9.17, 15) is 4.79 Å². The summed E-state index contributed by atoms with van der Waals surface area (Å²) in [6, 6.07) is -0.382. The lowest BCUT2D eigenvalue weighted by molar-refractivity contribution is -0.134. The first kappa shape index (κ1) is 14.8. The number of piperidine rings is 1. The molecule has 0 aromatic carbocycles. The van der Waals surface area contributed by atoms with Gasteiger partial charge in [-0.15, -0.1) is 0 Å². The maximum absolute atomic E-state index is 11.7. The van der Waals surface area contributed by atoms with Gasteiger partial charge < -0.3 is 20.3 Å². The third kappa shape index (κ3) is 4.44. The summed E-state index contributed by atoms with van der Waals surface area (Å²) in [5.74, 6) is 0.0653. The van der Waals surface area contributed by atoms with Gasteiger partial charge >= 0.3 is 0 Å². The van der Waals surface area contributed by atoms with Gasteiger partial charge in [0.2, 0.25) is 5.91 Å². The van der Waals surface area contributed by atoms with Gasteiger partial charge in [-0.1, -0.05) is 0 Å². The Morgan fingerprint density at radius 2 is 1.89 bits per heavy atom. The van der Waals surface area contributed by atoms with Crippen LogP contribution in [0.15, 0.2) is 0 Å². The molecule has 2 aliphatic heterocycles. The molecule has 1 atom stereocenters. The number of hydrogen-bond acceptors (Lipinski definition) is 4. The summed E-state index contributed by atoms with van der Waals surface area (Å²) >= 11 is 0. The summed E-state index contributed by atoms with van der Waals surface area (Å²) in [6.45, 7) is 7.66. The minimum atomic E-state index is -0.382. The highest BCUT2D eigenvalue weighted by Crippen LogP contribution is 2.15. The van der Waals surface area contributed by atoms with Gasteiger partial charge in [0.05, 0.1) is 18.8 Å². The second kappa shape index (κ2) is 7.22. The quantitative estimate of drug-likeness (QED) is 0.786. The lowest BCUT2D eigenvalue weighted by atomic mass is 10.1. The Bertz CT molecular complexity index is 282. The van der Waals surface area contributed by atoms with Gasteiger partial charge in [-0.3, -0.25) is 4.79 Å². The Morgan fingerprint density at radius 3 is 2.47 bits per heavy atom. The summed E-state index contributed by atoms with van der Waals surface area (Å²) in [5.41, 5.74) is 5.62. The van der Waals surface area contributed by atoms with E-state index in [1.807, 2.05) is 4.90 Å². The highest BCUT2D eigenvalue weighted by Gasteiger charge is 2.24. The Morgan fingerprint density at radius 1 is 1.26 bits per heavy atom. The monoisotopic (exact) mass is 269 g/mol. The van der Waals surface area contributed by atoms with E-state index in [0.717, 1.165) is 39.1 Å². The molecule has 0 aromatic heterocycles. The minimum Gasteiger partial charge on any atom is -0.377 e. The van der Waals surface area contributed by atoms with E-state index in [2.05, 4.69) is 4.90 Å². The molecule has 0 unspecified atom stereocenters. The summed E-state index contributed by atoms with van der Waals surface area (Å²) in [4.78, 5) is 16.1. The van der Waals surface area contributed by atoms with Crippen LogP contribution >= 0.6 is 0 Å². The van der Waals surface area contributed by atoms with E-state index in [0.29, 0.717) is 6.10 Å². The number of carbonyl (C=O) groups excluding carboxylic acids is 1. The number of nitrogens with two attached hydrogens (primary N) is 1. The number of carbonyl (C=O) groups is 1. The highest BCUT2D eigenvalue weighted by atomic mass is 16.5. The molecule has 2 heterocycles. The molecule has 0 aliphatic carbocycles. The van der Waals surface area contributed by atoms with Crippen molar-refractivity contribution in [3.05, 3.63) is 0 Å². The van der Waals surface area contributed by atoms with Crippen molar-refractivity contribution < 1.29 is 9.53 Å². The number of nitrogens with zero attached hydrogens (tertiary/aromatic N) is 2. The zero-order chi connectivity index (χ0) is 13.7. The molecule has 2 saturated heterocycles. The van der Waals surface area contributed by atoms with Crippen molar-refractivity contribution in [1.82, 2.24) is 9.80 Å². The van der Waals surface area contributed by atoms with Crippen LogP contribution in [-0.4, -0.2) is 67.2 Å². The summed E-state index contributed by atoms with van der Waals surface area (Å²) in [5, 5.41) is 0. The number of hydrogen-bond donors (Lipinski definition) is 1. The average Bonchev–Trinajstić information content (AvgIpc) is 2.92. The van der Waals surface area contributed by atoms with Crippen LogP contribution < -0.4 is 5.73 Å². The molecule has 2 rings (SSSR count). The second-order valence-corrected chi connectivity index (χ2v) is 5.73. The predicted molar refractivity (Wildman–Crippen MR) is 74.9 cm³/mol. The molecule has 5 nitrogen and oxygen atoms in total. The van der Waals surface area contributed by atoms with Crippen LogP contribution in [0.3, 0.4) is 0 Å². The smallest absolute Gasteiger partial charge is 0.239 e. The van der Waals surface area contributed by atoms with Gasteiger partial charge in [-0.2, -0.15) is 0 Å². The molecule has 0 aromatic rings. The highest BCUT2D eigenvalue weighted by molar-refractivity contribution is 5.81. The maximum atomic E-state index is 11.7.